The third-order valence-electron chi connectivity index (χ3n) is 5.55. The Morgan fingerprint density at radius 2 is 1.20 bits per heavy atom. The van der Waals surface area contributed by atoms with Gasteiger partial charge in [0, 0.05) is 5.57 Å². The standard InChI is InChI=1S/C21H34O9/c1-7-10(4)19(25)28-16-13(22)14(23)17(29-20(26)11(5)8-2)18(15(16)24)30-21(27)12(6)9-3/h7,11-18,22-24H,8-9H2,1-6H3/b10-7-/t11-,12+,13-,14-,15-,16+,17+,18-/m1/s1. The van der Waals surface area contributed by atoms with Gasteiger partial charge in [-0.1, -0.05) is 33.8 Å². The second-order valence-electron chi connectivity index (χ2n) is 7.73. The average Bonchev–Trinajstić information content (AvgIpc) is 2.74. The molecule has 0 aromatic heterocycles. The van der Waals surface area contributed by atoms with Gasteiger partial charge in [0.25, 0.3) is 0 Å². The maximum Gasteiger partial charge on any atom is 0.333 e. The summed E-state index contributed by atoms with van der Waals surface area (Å²) in [6.07, 6.45) is -7.46. The number of carbonyl (C=O) groups excluding carboxylic acids is 3. The molecule has 1 fully saturated rings. The first-order valence-corrected chi connectivity index (χ1v) is 10.3. The van der Waals surface area contributed by atoms with Crippen LogP contribution in [-0.2, 0) is 28.6 Å². The van der Waals surface area contributed by atoms with E-state index in [0.717, 1.165) is 0 Å². The van der Waals surface area contributed by atoms with Gasteiger partial charge in [0.05, 0.1) is 11.8 Å². The van der Waals surface area contributed by atoms with Gasteiger partial charge >= 0.3 is 17.9 Å². The summed E-state index contributed by atoms with van der Waals surface area (Å²) in [5.74, 6) is -3.19. The highest BCUT2D eigenvalue weighted by Gasteiger charge is 2.55. The van der Waals surface area contributed by atoms with Crippen LogP contribution >= 0.6 is 0 Å². The third-order valence-corrected chi connectivity index (χ3v) is 5.55. The Balaban J connectivity index is 3.22. The lowest BCUT2D eigenvalue weighted by Crippen LogP contribution is -2.66. The molecule has 0 radical (unpaired) electrons. The Morgan fingerprint density at radius 3 is 1.60 bits per heavy atom. The fourth-order valence-electron chi connectivity index (χ4n) is 2.75. The molecule has 0 amide bonds. The largest absolute Gasteiger partial charge is 0.455 e. The van der Waals surface area contributed by atoms with E-state index < -0.39 is 66.4 Å². The summed E-state index contributed by atoms with van der Waals surface area (Å²) in [7, 11) is 0. The number of hydrogen-bond acceptors (Lipinski definition) is 9. The van der Waals surface area contributed by atoms with E-state index in [1.165, 1.54) is 13.0 Å². The summed E-state index contributed by atoms with van der Waals surface area (Å²) in [6.45, 7) is 9.88. The number of aliphatic hydroxyl groups excluding tert-OH is 3. The lowest BCUT2D eigenvalue weighted by molar-refractivity contribution is -0.248. The van der Waals surface area contributed by atoms with Gasteiger partial charge in [-0.25, -0.2) is 4.79 Å². The van der Waals surface area contributed by atoms with Crippen LogP contribution in [0.15, 0.2) is 11.6 Å². The zero-order valence-electron chi connectivity index (χ0n) is 18.4. The van der Waals surface area contributed by atoms with E-state index in [9.17, 15) is 29.7 Å². The van der Waals surface area contributed by atoms with Gasteiger partial charge < -0.3 is 29.5 Å². The van der Waals surface area contributed by atoms with E-state index >= 15 is 0 Å². The minimum atomic E-state index is -1.76. The molecule has 9 nitrogen and oxygen atoms in total. The van der Waals surface area contributed by atoms with E-state index in [1.807, 2.05) is 0 Å². The number of hydrogen-bond donors (Lipinski definition) is 3. The Morgan fingerprint density at radius 1 is 0.800 bits per heavy atom. The minimum absolute atomic E-state index is 0.224. The van der Waals surface area contributed by atoms with E-state index in [1.54, 1.807) is 34.6 Å². The molecule has 0 aromatic rings. The van der Waals surface area contributed by atoms with Crippen molar-refractivity contribution in [3.05, 3.63) is 11.6 Å². The number of allylic oxidation sites excluding steroid dienone is 1. The molecule has 0 spiro atoms. The van der Waals surface area contributed by atoms with Gasteiger partial charge in [-0.3, -0.25) is 9.59 Å². The fourth-order valence-corrected chi connectivity index (χ4v) is 2.75. The first-order chi connectivity index (χ1) is 14.0. The molecule has 172 valence electrons. The molecule has 0 bridgehead atoms. The maximum absolute atomic E-state index is 12.3. The van der Waals surface area contributed by atoms with Crippen molar-refractivity contribution >= 4 is 17.9 Å². The highest BCUT2D eigenvalue weighted by Crippen LogP contribution is 2.30. The van der Waals surface area contributed by atoms with E-state index in [-0.39, 0.29) is 5.57 Å². The molecule has 0 aromatic carbocycles. The highest BCUT2D eigenvalue weighted by molar-refractivity contribution is 5.87. The second kappa shape index (κ2) is 11.4. The topological polar surface area (TPSA) is 140 Å². The van der Waals surface area contributed by atoms with Crippen LogP contribution in [0.4, 0.5) is 0 Å². The first-order valence-electron chi connectivity index (χ1n) is 10.3. The fraction of sp³-hybridized carbons (Fsp3) is 0.762. The average molecular weight is 430 g/mol. The molecular formula is C21H34O9. The van der Waals surface area contributed by atoms with Crippen LogP contribution in [0.25, 0.3) is 0 Å². The third kappa shape index (κ3) is 6.02. The van der Waals surface area contributed by atoms with E-state index in [4.69, 9.17) is 14.2 Å². The van der Waals surface area contributed by atoms with Gasteiger partial charge in [0.15, 0.2) is 18.3 Å². The SMILES string of the molecule is C/C=C(/C)C(=O)O[C@H]1[C@H](O)[C@@H](O)[C@H](OC(=O)[C@H](C)CC)[C@H](OC(=O)[C@@H](C)CC)[C@@H]1O. The van der Waals surface area contributed by atoms with Gasteiger partial charge in [-0.05, 0) is 26.7 Å². The van der Waals surface area contributed by atoms with Gasteiger partial charge in [-0.15, -0.1) is 0 Å². The molecule has 30 heavy (non-hydrogen) atoms. The number of rotatable bonds is 8. The highest BCUT2D eigenvalue weighted by atomic mass is 16.6. The maximum atomic E-state index is 12.3. The monoisotopic (exact) mass is 430 g/mol. The summed E-state index contributed by atoms with van der Waals surface area (Å²) in [5.41, 5.74) is 0.224. The molecule has 1 rings (SSSR count). The van der Waals surface area contributed by atoms with Crippen molar-refractivity contribution in [2.75, 3.05) is 0 Å². The van der Waals surface area contributed by atoms with Gasteiger partial charge in [0.2, 0.25) is 0 Å². The van der Waals surface area contributed by atoms with Crippen LogP contribution in [0.1, 0.15) is 54.4 Å². The number of carbonyl (C=O) groups is 3. The minimum Gasteiger partial charge on any atom is -0.455 e. The molecule has 1 aliphatic carbocycles. The Labute approximate surface area is 177 Å². The number of aliphatic hydroxyl groups is 3. The van der Waals surface area contributed by atoms with Crippen molar-refractivity contribution in [2.45, 2.75) is 91.0 Å². The van der Waals surface area contributed by atoms with E-state index in [0.29, 0.717) is 12.8 Å². The summed E-state index contributed by atoms with van der Waals surface area (Å²) < 4.78 is 15.8. The van der Waals surface area contributed by atoms with Crippen LogP contribution in [0.2, 0.25) is 0 Å². The van der Waals surface area contributed by atoms with Crippen LogP contribution in [0, 0.1) is 11.8 Å². The van der Waals surface area contributed by atoms with Crippen LogP contribution in [0.3, 0.4) is 0 Å². The van der Waals surface area contributed by atoms with Crippen LogP contribution in [-0.4, -0.2) is 69.9 Å². The molecular weight excluding hydrogens is 396 g/mol. The van der Waals surface area contributed by atoms with Crippen LogP contribution < -0.4 is 0 Å². The molecule has 0 aliphatic heterocycles. The van der Waals surface area contributed by atoms with Crippen molar-refractivity contribution in [2.24, 2.45) is 11.8 Å². The van der Waals surface area contributed by atoms with E-state index in [2.05, 4.69) is 0 Å². The van der Waals surface area contributed by atoms with Crippen molar-refractivity contribution in [1.82, 2.24) is 0 Å². The van der Waals surface area contributed by atoms with Crippen molar-refractivity contribution < 1.29 is 43.9 Å². The summed E-state index contributed by atoms with van der Waals surface area (Å²) >= 11 is 0. The lowest BCUT2D eigenvalue weighted by atomic mass is 9.84. The quantitative estimate of drug-likeness (QED) is 0.291. The molecule has 9 heteroatoms. The molecule has 0 saturated heterocycles. The molecule has 3 N–H and O–H groups in total. The number of ether oxygens (including phenoxy) is 3. The molecule has 1 aliphatic rings. The smallest absolute Gasteiger partial charge is 0.333 e. The van der Waals surface area contributed by atoms with Crippen molar-refractivity contribution in [3.63, 3.8) is 0 Å². The predicted octanol–water partition coefficient (Wildman–Crippen LogP) is 0.876. The Kier molecular flexibility index (Phi) is 9.93. The zero-order valence-corrected chi connectivity index (χ0v) is 18.4. The number of esters is 3. The Bertz CT molecular complexity index is 644. The molecule has 0 heterocycles. The Hall–Kier alpha value is -1.97. The summed E-state index contributed by atoms with van der Waals surface area (Å²) in [5, 5.41) is 31.8. The summed E-state index contributed by atoms with van der Waals surface area (Å²) in [6, 6.07) is 0. The molecule has 8 atom stereocenters. The first kappa shape index (κ1) is 26.1. The van der Waals surface area contributed by atoms with Crippen LogP contribution in [0.5, 0.6) is 0 Å². The van der Waals surface area contributed by atoms with Crippen molar-refractivity contribution in [3.8, 4) is 0 Å². The lowest BCUT2D eigenvalue weighted by Gasteiger charge is -2.44. The molecule has 1 saturated carbocycles. The predicted molar refractivity (Wildman–Crippen MR) is 106 cm³/mol. The molecule has 0 unspecified atom stereocenters. The van der Waals surface area contributed by atoms with Gasteiger partial charge in [-0.2, -0.15) is 0 Å². The zero-order chi connectivity index (χ0) is 23.2. The van der Waals surface area contributed by atoms with Gasteiger partial charge in [0.1, 0.15) is 18.3 Å². The normalized spacial score (nSPS) is 31.4. The second-order valence-corrected chi connectivity index (χ2v) is 7.73. The summed E-state index contributed by atoms with van der Waals surface area (Å²) in [4.78, 5) is 36.7. The van der Waals surface area contributed by atoms with Crippen molar-refractivity contribution in [1.29, 1.82) is 0 Å².